The fourth-order valence-corrected chi connectivity index (χ4v) is 3.65. The van der Waals surface area contributed by atoms with Crippen molar-refractivity contribution >= 4 is 26.6 Å². The Balaban J connectivity index is 2.16. The predicted molar refractivity (Wildman–Crippen MR) is 105 cm³/mol. The minimum absolute atomic E-state index is 0.446. The Labute approximate surface area is 153 Å². The molecule has 26 heavy (non-hydrogen) atoms. The highest BCUT2D eigenvalue weighted by Gasteiger charge is 2.18. The summed E-state index contributed by atoms with van der Waals surface area (Å²) < 4.78 is 27.7. The van der Waals surface area contributed by atoms with Crippen LogP contribution >= 0.6 is 0 Å². The third-order valence-electron chi connectivity index (χ3n) is 4.29. The van der Waals surface area contributed by atoms with E-state index in [2.05, 4.69) is 28.0 Å². The largest absolute Gasteiger partial charge is 0.340 e. The van der Waals surface area contributed by atoms with Gasteiger partial charge >= 0.3 is 0 Å². The van der Waals surface area contributed by atoms with Gasteiger partial charge in [0.15, 0.2) is 0 Å². The maximum Gasteiger partial charge on any atom is 0.254 e. The first-order valence-electron chi connectivity index (χ1n) is 8.18. The number of hydrogen-bond donors (Lipinski definition) is 1. The van der Waals surface area contributed by atoms with Gasteiger partial charge in [0, 0.05) is 23.0 Å². The molecular formula is C20H19N3O2S. The molecule has 0 aliphatic heterocycles. The molecular weight excluding hydrogens is 346 g/mol. The molecule has 0 amide bonds. The highest BCUT2D eigenvalue weighted by Crippen LogP contribution is 2.34. The summed E-state index contributed by atoms with van der Waals surface area (Å²) in [7, 11) is -3.54. The lowest BCUT2D eigenvalue weighted by atomic mass is 10.1. The molecule has 1 N–H and O–H groups in total. The molecule has 0 aliphatic rings. The number of sulfonamides is 1. The number of rotatable bonds is 5. The second-order valence-electron chi connectivity index (χ2n) is 5.99. The van der Waals surface area contributed by atoms with Gasteiger partial charge in [-0.1, -0.05) is 30.8 Å². The van der Waals surface area contributed by atoms with E-state index in [4.69, 9.17) is 0 Å². The van der Waals surface area contributed by atoms with Crippen molar-refractivity contribution in [3.8, 4) is 17.3 Å². The zero-order chi connectivity index (χ0) is 18.9. The van der Waals surface area contributed by atoms with Crippen molar-refractivity contribution in [3.63, 3.8) is 0 Å². The van der Waals surface area contributed by atoms with Gasteiger partial charge in [0.2, 0.25) is 0 Å². The quantitative estimate of drug-likeness (QED) is 0.728. The van der Waals surface area contributed by atoms with E-state index in [1.165, 1.54) is 0 Å². The number of nitrogens with zero attached hydrogens (tertiary/aromatic N) is 2. The van der Waals surface area contributed by atoms with E-state index >= 15 is 0 Å². The van der Waals surface area contributed by atoms with Crippen LogP contribution in [0, 0.1) is 18.3 Å². The van der Waals surface area contributed by atoms with Crippen LogP contribution in [0.5, 0.6) is 0 Å². The Morgan fingerprint density at radius 1 is 1.23 bits per heavy atom. The fourth-order valence-electron chi connectivity index (χ4n) is 3.10. The Bertz CT molecular complexity index is 1130. The average Bonchev–Trinajstić information content (AvgIpc) is 2.94. The van der Waals surface area contributed by atoms with Crippen molar-refractivity contribution in [1.29, 1.82) is 5.26 Å². The monoisotopic (exact) mass is 365 g/mol. The van der Waals surface area contributed by atoms with E-state index in [1.54, 1.807) is 12.1 Å². The Hall–Kier alpha value is -3.04. The number of hydrogen-bond acceptors (Lipinski definition) is 3. The molecule has 6 heteroatoms. The summed E-state index contributed by atoms with van der Waals surface area (Å²) in [6.07, 6.45) is 0. The Morgan fingerprint density at radius 3 is 2.50 bits per heavy atom. The third kappa shape index (κ3) is 3.09. The van der Waals surface area contributed by atoms with Crippen LogP contribution in [0.3, 0.4) is 0 Å². The highest BCUT2D eigenvalue weighted by atomic mass is 32.2. The maximum absolute atomic E-state index is 11.6. The summed E-state index contributed by atoms with van der Waals surface area (Å²) in [6, 6.07) is 15.4. The first-order valence-corrected chi connectivity index (χ1v) is 9.73. The van der Waals surface area contributed by atoms with E-state index in [0.717, 1.165) is 39.7 Å². The number of nitriles is 1. The fraction of sp³-hybridized carbons (Fsp3) is 0.150. The molecule has 2 aromatic carbocycles. The lowest BCUT2D eigenvalue weighted by Gasteiger charge is -2.10. The standard InChI is InChI=1S/C20H19N3O2S/c1-4-23-19-12-14(3)6-11-17(19)18(13-21)20(23)15-7-9-16(10-8-15)22-26(24,25)5-2/h5-12,22H,2,4H2,1,3H3. The van der Waals surface area contributed by atoms with Gasteiger partial charge < -0.3 is 4.57 Å². The van der Waals surface area contributed by atoms with E-state index in [9.17, 15) is 13.7 Å². The first-order chi connectivity index (χ1) is 12.4. The van der Waals surface area contributed by atoms with Gasteiger partial charge in [-0.25, -0.2) is 8.42 Å². The van der Waals surface area contributed by atoms with Crippen molar-refractivity contribution < 1.29 is 8.42 Å². The van der Waals surface area contributed by atoms with Crippen LogP contribution in [0.25, 0.3) is 22.2 Å². The van der Waals surface area contributed by atoms with Crippen molar-refractivity contribution in [2.45, 2.75) is 20.4 Å². The Kier molecular flexibility index (Phi) is 4.58. The van der Waals surface area contributed by atoms with Crippen molar-refractivity contribution in [1.82, 2.24) is 4.57 Å². The van der Waals surface area contributed by atoms with Crippen LogP contribution in [0.4, 0.5) is 5.69 Å². The van der Waals surface area contributed by atoms with Crippen molar-refractivity contribution in [3.05, 3.63) is 65.6 Å². The summed E-state index contributed by atoms with van der Waals surface area (Å²) in [4.78, 5) is 0. The normalized spacial score (nSPS) is 11.3. The number of fused-ring (bicyclic) bond motifs is 1. The van der Waals surface area contributed by atoms with Crippen LogP contribution in [0.1, 0.15) is 18.1 Å². The molecule has 5 nitrogen and oxygen atoms in total. The van der Waals surface area contributed by atoms with Gasteiger partial charge in [0.25, 0.3) is 10.0 Å². The molecule has 0 aliphatic carbocycles. The number of benzene rings is 2. The number of anilines is 1. The number of aryl methyl sites for hydroxylation is 2. The van der Waals surface area contributed by atoms with Gasteiger partial charge in [0.05, 0.1) is 16.8 Å². The van der Waals surface area contributed by atoms with Crippen molar-refractivity contribution in [2.75, 3.05) is 4.72 Å². The predicted octanol–water partition coefficient (Wildman–Crippen LogP) is 4.39. The topological polar surface area (TPSA) is 74.9 Å². The maximum atomic E-state index is 11.6. The van der Waals surface area contributed by atoms with Crippen LogP contribution in [0.2, 0.25) is 0 Å². The van der Waals surface area contributed by atoms with Gasteiger partial charge in [-0.2, -0.15) is 5.26 Å². The van der Waals surface area contributed by atoms with E-state index in [1.807, 2.05) is 38.1 Å². The minimum Gasteiger partial charge on any atom is -0.340 e. The molecule has 1 heterocycles. The second-order valence-corrected chi connectivity index (χ2v) is 7.62. The summed E-state index contributed by atoms with van der Waals surface area (Å²) in [5.74, 6) is 0. The molecule has 3 aromatic rings. The molecule has 0 bridgehead atoms. The van der Waals surface area contributed by atoms with Crippen molar-refractivity contribution in [2.24, 2.45) is 0 Å². The lowest BCUT2D eigenvalue weighted by Crippen LogP contribution is -2.08. The second kappa shape index (κ2) is 6.70. The smallest absolute Gasteiger partial charge is 0.254 e. The van der Waals surface area contributed by atoms with Gasteiger partial charge in [-0.05, 0) is 43.2 Å². The highest BCUT2D eigenvalue weighted by molar-refractivity contribution is 7.95. The zero-order valence-corrected chi connectivity index (χ0v) is 15.5. The molecule has 0 unspecified atom stereocenters. The number of aromatic nitrogens is 1. The molecule has 132 valence electrons. The average molecular weight is 365 g/mol. The summed E-state index contributed by atoms with van der Waals surface area (Å²) in [5, 5.41) is 11.5. The molecule has 0 saturated carbocycles. The SMILES string of the molecule is C=CS(=O)(=O)Nc1ccc(-c2c(C#N)c3ccc(C)cc3n2CC)cc1. The van der Waals surface area contributed by atoms with Gasteiger partial charge in [0.1, 0.15) is 6.07 Å². The third-order valence-corrected chi connectivity index (χ3v) is 5.25. The van der Waals surface area contributed by atoms with Crippen LogP contribution in [-0.2, 0) is 16.6 Å². The molecule has 3 rings (SSSR count). The summed E-state index contributed by atoms with van der Waals surface area (Å²) in [5.41, 5.74) is 4.93. The molecule has 0 radical (unpaired) electrons. The van der Waals surface area contributed by atoms with E-state index in [-0.39, 0.29) is 0 Å². The van der Waals surface area contributed by atoms with E-state index < -0.39 is 10.0 Å². The van der Waals surface area contributed by atoms with E-state index in [0.29, 0.717) is 11.3 Å². The molecule has 0 spiro atoms. The zero-order valence-electron chi connectivity index (χ0n) is 14.7. The van der Waals surface area contributed by atoms with Crippen LogP contribution in [-0.4, -0.2) is 13.0 Å². The van der Waals surface area contributed by atoms with Crippen LogP contribution in [0.15, 0.2) is 54.5 Å². The molecule has 0 saturated heterocycles. The minimum atomic E-state index is -3.54. The number of nitrogens with one attached hydrogen (secondary N) is 1. The summed E-state index contributed by atoms with van der Waals surface area (Å²) in [6.45, 7) is 8.07. The molecule has 1 aromatic heterocycles. The molecule has 0 fully saturated rings. The molecule has 0 atom stereocenters. The summed E-state index contributed by atoms with van der Waals surface area (Å²) >= 11 is 0. The van der Waals surface area contributed by atoms with Gasteiger partial charge in [-0.15, -0.1) is 0 Å². The Morgan fingerprint density at radius 2 is 1.92 bits per heavy atom. The lowest BCUT2D eigenvalue weighted by molar-refractivity contribution is 0.609. The first kappa shape index (κ1) is 17.8. The van der Waals surface area contributed by atoms with Crippen LogP contribution < -0.4 is 4.72 Å². The van der Waals surface area contributed by atoms with Gasteiger partial charge in [-0.3, -0.25) is 4.72 Å².